The molecule has 0 saturated carbocycles. The molecule has 6 heteroatoms. The largest absolute Gasteiger partial charge is 0.370 e. The van der Waals surface area contributed by atoms with Gasteiger partial charge in [-0.25, -0.2) is 4.99 Å². The summed E-state index contributed by atoms with van der Waals surface area (Å²) in [6, 6.07) is 10.2. The van der Waals surface area contributed by atoms with Crippen LogP contribution < -0.4 is 11.5 Å². The molecule has 0 radical (unpaired) electrons. The predicted molar refractivity (Wildman–Crippen MR) is 85.8 cm³/mol. The Morgan fingerprint density at radius 3 is 2.91 bits per heavy atom. The first kappa shape index (κ1) is 16.3. The van der Waals surface area contributed by atoms with E-state index in [0.29, 0.717) is 0 Å². The first-order valence-electron chi connectivity index (χ1n) is 7.41. The molecular weight excluding hydrogens is 278 g/mol. The van der Waals surface area contributed by atoms with Crippen LogP contribution in [0.3, 0.4) is 0 Å². The van der Waals surface area contributed by atoms with E-state index in [2.05, 4.69) is 28.1 Å². The fourth-order valence-electron chi connectivity index (χ4n) is 2.68. The van der Waals surface area contributed by atoms with Crippen molar-refractivity contribution >= 4 is 5.96 Å². The van der Waals surface area contributed by atoms with Gasteiger partial charge in [0, 0.05) is 6.54 Å². The molecule has 0 amide bonds. The van der Waals surface area contributed by atoms with Crippen LogP contribution in [0.1, 0.15) is 24.3 Å². The molecule has 0 bridgehead atoms. The van der Waals surface area contributed by atoms with Crippen molar-refractivity contribution in [3.05, 3.63) is 35.4 Å². The first-order chi connectivity index (χ1) is 10.5. The first-order valence-corrected chi connectivity index (χ1v) is 7.41. The minimum absolute atomic E-state index is 0.00659. The molecule has 22 heavy (non-hydrogen) atoms. The third-order valence-electron chi connectivity index (χ3n) is 3.99. The zero-order chi connectivity index (χ0) is 16.1. The molecule has 4 N–H and O–H groups in total. The second kappa shape index (κ2) is 7.25. The van der Waals surface area contributed by atoms with Crippen molar-refractivity contribution in [2.45, 2.75) is 25.6 Å². The van der Waals surface area contributed by atoms with Gasteiger partial charge >= 0.3 is 0 Å². The van der Waals surface area contributed by atoms with Crippen molar-refractivity contribution in [3.63, 3.8) is 0 Å². The molecule has 6 nitrogen and oxygen atoms in total. The molecule has 1 aliphatic heterocycles. The second-order valence-electron chi connectivity index (χ2n) is 5.65. The van der Waals surface area contributed by atoms with Crippen molar-refractivity contribution in [1.29, 1.82) is 5.26 Å². The van der Waals surface area contributed by atoms with Gasteiger partial charge in [-0.2, -0.15) is 5.26 Å². The summed E-state index contributed by atoms with van der Waals surface area (Å²) < 4.78 is 6.03. The molecule has 0 spiro atoms. The van der Waals surface area contributed by atoms with Gasteiger partial charge in [-0.15, -0.1) is 0 Å². The van der Waals surface area contributed by atoms with E-state index in [1.54, 1.807) is 0 Å². The molecule has 0 saturated heterocycles. The maximum Gasteiger partial charge on any atom is 0.186 e. The number of hydrogen-bond acceptors (Lipinski definition) is 4. The summed E-state index contributed by atoms with van der Waals surface area (Å²) in [5.74, 6) is -0.391. The van der Waals surface area contributed by atoms with Gasteiger partial charge in [-0.3, -0.25) is 4.90 Å². The smallest absolute Gasteiger partial charge is 0.186 e. The molecular formula is C16H23N5O. The third-order valence-corrected chi connectivity index (χ3v) is 3.99. The number of hydrogen-bond donors (Lipinski definition) is 2. The third kappa shape index (κ3) is 3.75. The summed E-state index contributed by atoms with van der Waals surface area (Å²) in [6.45, 7) is 3.04. The van der Waals surface area contributed by atoms with Crippen LogP contribution >= 0.6 is 0 Å². The maximum absolute atomic E-state index is 9.31. The molecule has 2 rings (SSSR count). The Balaban J connectivity index is 2.07. The fraction of sp³-hybridized carbons (Fsp3) is 0.500. The van der Waals surface area contributed by atoms with E-state index < -0.39 is 0 Å². The van der Waals surface area contributed by atoms with Crippen LogP contribution in [-0.2, 0) is 11.2 Å². The molecule has 0 aliphatic carbocycles. The number of guanidine groups is 1. The maximum atomic E-state index is 9.31. The van der Waals surface area contributed by atoms with E-state index in [-0.39, 0.29) is 30.8 Å². The van der Waals surface area contributed by atoms with Crippen molar-refractivity contribution in [2.75, 3.05) is 20.2 Å². The van der Waals surface area contributed by atoms with Crippen LogP contribution in [0, 0.1) is 17.2 Å². The molecule has 1 aromatic rings. The predicted octanol–water partition coefficient (Wildman–Crippen LogP) is 0.991. The minimum Gasteiger partial charge on any atom is -0.370 e. The van der Waals surface area contributed by atoms with Gasteiger partial charge in [-0.1, -0.05) is 24.3 Å². The average molecular weight is 301 g/mol. The van der Waals surface area contributed by atoms with Crippen molar-refractivity contribution < 1.29 is 4.74 Å². The zero-order valence-corrected chi connectivity index (χ0v) is 13.1. The molecule has 1 aliphatic rings. The van der Waals surface area contributed by atoms with Crippen LogP contribution in [-0.4, -0.2) is 37.1 Å². The highest BCUT2D eigenvalue weighted by molar-refractivity contribution is 5.75. The van der Waals surface area contributed by atoms with Crippen LogP contribution in [0.2, 0.25) is 0 Å². The van der Waals surface area contributed by atoms with Gasteiger partial charge in [0.2, 0.25) is 0 Å². The van der Waals surface area contributed by atoms with E-state index in [4.69, 9.17) is 16.2 Å². The average Bonchev–Trinajstić information content (AvgIpc) is 2.49. The fourth-order valence-corrected chi connectivity index (χ4v) is 2.68. The minimum atomic E-state index is -0.385. The lowest BCUT2D eigenvalue weighted by Gasteiger charge is -2.34. The van der Waals surface area contributed by atoms with E-state index in [9.17, 15) is 5.26 Å². The van der Waals surface area contributed by atoms with Gasteiger partial charge in [0.1, 0.15) is 6.23 Å². The molecule has 1 aromatic carbocycles. The van der Waals surface area contributed by atoms with Gasteiger partial charge in [-0.05, 0) is 31.5 Å². The highest BCUT2D eigenvalue weighted by Crippen LogP contribution is 2.30. The van der Waals surface area contributed by atoms with E-state index in [0.717, 1.165) is 13.0 Å². The Hall–Kier alpha value is -2.10. The van der Waals surface area contributed by atoms with Crippen molar-refractivity contribution in [2.24, 2.45) is 22.4 Å². The van der Waals surface area contributed by atoms with E-state index >= 15 is 0 Å². The van der Waals surface area contributed by atoms with Gasteiger partial charge < -0.3 is 16.2 Å². The highest BCUT2D eigenvalue weighted by Gasteiger charge is 2.27. The van der Waals surface area contributed by atoms with Gasteiger partial charge in [0.15, 0.2) is 5.96 Å². The summed E-state index contributed by atoms with van der Waals surface area (Å²) in [5, 5.41) is 9.31. The standard InChI is InChI=1S/C16H23N5O/c1-11(20-16(18)19)13(9-17)10-22-15-14-6-4-3-5-12(14)7-8-21(15)2/h3-6,11,13,15H,7-8,10H2,1-2H3,(H4,18,19,20). The molecule has 0 aromatic heterocycles. The lowest BCUT2D eigenvalue weighted by atomic mass is 9.98. The van der Waals surface area contributed by atoms with E-state index in [1.165, 1.54) is 11.1 Å². The summed E-state index contributed by atoms with van der Waals surface area (Å²) >= 11 is 0. The van der Waals surface area contributed by atoms with E-state index in [1.807, 2.05) is 26.1 Å². The molecule has 3 unspecified atom stereocenters. The highest BCUT2D eigenvalue weighted by atomic mass is 16.5. The van der Waals surface area contributed by atoms with Crippen LogP contribution in [0.4, 0.5) is 0 Å². The number of nitriles is 1. The Morgan fingerprint density at radius 1 is 1.50 bits per heavy atom. The SMILES string of the molecule is CC(N=C(N)N)C(C#N)COC1c2ccccc2CCN1C. The van der Waals surface area contributed by atoms with Crippen LogP contribution in [0.15, 0.2) is 29.3 Å². The van der Waals surface area contributed by atoms with Gasteiger partial charge in [0.25, 0.3) is 0 Å². The monoisotopic (exact) mass is 301 g/mol. The summed E-state index contributed by atoms with van der Waals surface area (Å²) in [5.41, 5.74) is 13.2. The molecule has 3 atom stereocenters. The number of nitrogens with zero attached hydrogens (tertiary/aromatic N) is 3. The Kier molecular flexibility index (Phi) is 5.36. The topological polar surface area (TPSA) is 101 Å². The van der Waals surface area contributed by atoms with Crippen molar-refractivity contribution in [3.8, 4) is 6.07 Å². The lowest BCUT2D eigenvalue weighted by Crippen LogP contribution is -2.35. The number of nitrogens with two attached hydrogens (primary N) is 2. The lowest BCUT2D eigenvalue weighted by molar-refractivity contribution is -0.0653. The quantitative estimate of drug-likeness (QED) is 0.624. The Morgan fingerprint density at radius 2 is 2.23 bits per heavy atom. The summed E-state index contributed by atoms with van der Waals surface area (Å²) in [4.78, 5) is 6.19. The van der Waals surface area contributed by atoms with Crippen LogP contribution in [0.5, 0.6) is 0 Å². The van der Waals surface area contributed by atoms with Crippen molar-refractivity contribution in [1.82, 2.24) is 4.90 Å². The normalized spacial score (nSPS) is 20.5. The summed E-state index contributed by atoms with van der Waals surface area (Å²) in [7, 11) is 2.03. The molecule has 0 fully saturated rings. The molecule has 1 heterocycles. The number of ether oxygens (including phenoxy) is 1. The number of likely N-dealkylation sites (N-methyl/N-ethyl adjacent to an activating group) is 1. The summed E-state index contributed by atoms with van der Waals surface area (Å²) in [6.07, 6.45) is 0.880. The number of aliphatic imine (C=N–C) groups is 1. The number of rotatable bonds is 5. The van der Waals surface area contributed by atoms with Gasteiger partial charge in [0.05, 0.1) is 24.6 Å². The molecule has 118 valence electrons. The zero-order valence-electron chi connectivity index (χ0n) is 13.1. The number of fused-ring (bicyclic) bond motifs is 1. The second-order valence-corrected chi connectivity index (χ2v) is 5.65. The van der Waals surface area contributed by atoms with Crippen LogP contribution in [0.25, 0.3) is 0 Å². The Bertz CT molecular complexity index is 576. The Labute approximate surface area is 131 Å². The number of benzene rings is 1.